The number of aromatic nitrogens is 3. The molecule has 0 fully saturated rings. The van der Waals surface area contributed by atoms with Crippen LogP contribution in [0.3, 0.4) is 0 Å². The highest BCUT2D eigenvalue weighted by Crippen LogP contribution is 2.35. The highest BCUT2D eigenvalue weighted by Gasteiger charge is 2.25. The van der Waals surface area contributed by atoms with E-state index in [1.54, 1.807) is 0 Å². The first-order valence-corrected chi connectivity index (χ1v) is 7.23. The maximum atomic E-state index is 5.95. The first kappa shape index (κ1) is 13.0. The molecule has 2 aromatic rings. The number of nitrogens with zero attached hydrogens (tertiary/aromatic N) is 3. The number of hydrogen-bond acceptors (Lipinski definition) is 4. The van der Waals surface area contributed by atoms with Crippen LogP contribution in [0.4, 0.5) is 5.82 Å². The Labute approximate surface area is 119 Å². The first-order valence-electron chi connectivity index (χ1n) is 7.23. The Morgan fingerprint density at radius 3 is 2.95 bits per heavy atom. The summed E-state index contributed by atoms with van der Waals surface area (Å²) in [6.45, 7) is 4.18. The minimum atomic E-state index is 0.253. The fourth-order valence-electron chi connectivity index (χ4n) is 2.84. The molecule has 20 heavy (non-hydrogen) atoms. The summed E-state index contributed by atoms with van der Waals surface area (Å²) in [5.74, 6) is 1.91. The molecule has 2 N–H and O–H groups in total. The van der Waals surface area contributed by atoms with Gasteiger partial charge in [0.05, 0.1) is 11.4 Å². The normalized spacial score (nSPS) is 18.1. The van der Waals surface area contributed by atoms with Gasteiger partial charge in [0.1, 0.15) is 11.6 Å². The summed E-state index contributed by atoms with van der Waals surface area (Å²) < 4.78 is 0. The predicted octanol–water partition coefficient (Wildman–Crippen LogP) is 3.05. The Morgan fingerprint density at radius 1 is 1.30 bits per heavy atom. The molecule has 4 nitrogen and oxygen atoms in total. The van der Waals surface area contributed by atoms with Crippen molar-refractivity contribution in [2.75, 3.05) is 5.73 Å². The fourth-order valence-corrected chi connectivity index (χ4v) is 2.84. The van der Waals surface area contributed by atoms with Crippen LogP contribution in [0.1, 0.15) is 61.3 Å². The van der Waals surface area contributed by atoms with E-state index >= 15 is 0 Å². The number of aryl methyl sites for hydroxylation is 1. The summed E-state index contributed by atoms with van der Waals surface area (Å²) in [6, 6.07) is 6.08. The quantitative estimate of drug-likeness (QED) is 0.909. The highest BCUT2D eigenvalue weighted by molar-refractivity contribution is 5.38. The molecule has 0 bridgehead atoms. The molecule has 1 atom stereocenters. The van der Waals surface area contributed by atoms with Crippen molar-refractivity contribution in [1.29, 1.82) is 0 Å². The van der Waals surface area contributed by atoms with Gasteiger partial charge in [-0.05, 0) is 30.9 Å². The second-order valence-electron chi connectivity index (χ2n) is 5.72. The Morgan fingerprint density at radius 2 is 2.15 bits per heavy atom. The van der Waals surface area contributed by atoms with E-state index in [0.29, 0.717) is 5.82 Å². The number of anilines is 1. The molecule has 0 saturated heterocycles. The highest BCUT2D eigenvalue weighted by atomic mass is 15.0. The van der Waals surface area contributed by atoms with Gasteiger partial charge < -0.3 is 5.73 Å². The van der Waals surface area contributed by atoms with Gasteiger partial charge in [-0.3, -0.25) is 4.98 Å². The van der Waals surface area contributed by atoms with Crippen molar-refractivity contribution in [1.82, 2.24) is 15.0 Å². The van der Waals surface area contributed by atoms with Gasteiger partial charge in [0.2, 0.25) is 0 Å². The minimum Gasteiger partial charge on any atom is -0.384 e. The summed E-state index contributed by atoms with van der Waals surface area (Å²) in [6.07, 6.45) is 5.23. The zero-order valence-electron chi connectivity index (χ0n) is 12.0. The van der Waals surface area contributed by atoms with Crippen LogP contribution < -0.4 is 5.73 Å². The van der Waals surface area contributed by atoms with Crippen molar-refractivity contribution in [3.8, 4) is 0 Å². The van der Waals surface area contributed by atoms with Crippen molar-refractivity contribution in [2.45, 2.75) is 44.9 Å². The summed E-state index contributed by atoms with van der Waals surface area (Å²) in [5, 5.41) is 0. The van der Waals surface area contributed by atoms with Gasteiger partial charge in [-0.1, -0.05) is 19.9 Å². The van der Waals surface area contributed by atoms with E-state index in [-0.39, 0.29) is 11.8 Å². The molecular weight excluding hydrogens is 248 g/mol. The largest absolute Gasteiger partial charge is 0.384 e. The summed E-state index contributed by atoms with van der Waals surface area (Å²) in [5.41, 5.74) is 9.47. The lowest BCUT2D eigenvalue weighted by atomic mass is 9.84. The molecule has 0 radical (unpaired) electrons. The predicted molar refractivity (Wildman–Crippen MR) is 79.6 cm³/mol. The van der Waals surface area contributed by atoms with Crippen LogP contribution in [0, 0.1) is 0 Å². The van der Waals surface area contributed by atoms with Crippen molar-refractivity contribution in [3.05, 3.63) is 47.2 Å². The summed E-state index contributed by atoms with van der Waals surface area (Å²) in [4.78, 5) is 13.6. The van der Waals surface area contributed by atoms with Gasteiger partial charge in [0, 0.05) is 24.1 Å². The van der Waals surface area contributed by atoms with Crippen LogP contribution in [-0.2, 0) is 6.42 Å². The van der Waals surface area contributed by atoms with E-state index in [1.807, 2.05) is 18.3 Å². The number of nitrogen functional groups attached to an aromatic ring is 1. The maximum Gasteiger partial charge on any atom is 0.133 e. The molecule has 4 heteroatoms. The molecule has 0 saturated carbocycles. The molecule has 0 aromatic carbocycles. The lowest BCUT2D eigenvalue weighted by molar-refractivity contribution is 0.581. The van der Waals surface area contributed by atoms with Gasteiger partial charge in [0.25, 0.3) is 0 Å². The zero-order valence-corrected chi connectivity index (χ0v) is 12.0. The Balaban J connectivity index is 2.06. The smallest absolute Gasteiger partial charge is 0.133 e. The fraction of sp³-hybridized carbons (Fsp3) is 0.438. The van der Waals surface area contributed by atoms with Crippen molar-refractivity contribution < 1.29 is 0 Å². The second-order valence-corrected chi connectivity index (χ2v) is 5.72. The number of nitrogens with two attached hydrogens (primary N) is 1. The number of hydrogen-bond donors (Lipinski definition) is 1. The van der Waals surface area contributed by atoms with Crippen molar-refractivity contribution in [2.24, 2.45) is 0 Å². The van der Waals surface area contributed by atoms with E-state index in [2.05, 4.69) is 29.9 Å². The topological polar surface area (TPSA) is 64.7 Å². The third-order valence-electron chi connectivity index (χ3n) is 3.85. The SMILES string of the molecule is CC(C)c1nc(N)cc(C2CCCc3cccnc32)n1. The lowest BCUT2D eigenvalue weighted by Crippen LogP contribution is -2.16. The Hall–Kier alpha value is -1.97. The van der Waals surface area contributed by atoms with Crippen LogP contribution >= 0.6 is 0 Å². The monoisotopic (exact) mass is 268 g/mol. The van der Waals surface area contributed by atoms with E-state index in [9.17, 15) is 0 Å². The number of rotatable bonds is 2. The maximum absolute atomic E-state index is 5.95. The molecule has 1 unspecified atom stereocenters. The van der Waals surface area contributed by atoms with Gasteiger partial charge in [0.15, 0.2) is 0 Å². The Kier molecular flexibility index (Phi) is 3.38. The van der Waals surface area contributed by atoms with Gasteiger partial charge in [-0.2, -0.15) is 0 Å². The van der Waals surface area contributed by atoms with Gasteiger partial charge in [-0.15, -0.1) is 0 Å². The summed E-state index contributed by atoms with van der Waals surface area (Å²) in [7, 11) is 0. The minimum absolute atomic E-state index is 0.253. The molecule has 104 valence electrons. The van der Waals surface area contributed by atoms with Crippen molar-refractivity contribution >= 4 is 5.82 Å². The molecule has 1 aliphatic rings. The van der Waals surface area contributed by atoms with Crippen LogP contribution in [-0.4, -0.2) is 15.0 Å². The van der Waals surface area contributed by atoms with Gasteiger partial charge >= 0.3 is 0 Å². The van der Waals surface area contributed by atoms with Crippen molar-refractivity contribution in [3.63, 3.8) is 0 Å². The molecule has 2 heterocycles. The average molecular weight is 268 g/mol. The van der Waals surface area contributed by atoms with Crippen LogP contribution in [0.2, 0.25) is 0 Å². The Bertz CT molecular complexity index is 622. The first-order chi connectivity index (χ1) is 9.65. The third kappa shape index (κ3) is 2.38. The third-order valence-corrected chi connectivity index (χ3v) is 3.85. The molecule has 3 rings (SSSR count). The van der Waals surface area contributed by atoms with Crippen LogP contribution in [0.25, 0.3) is 0 Å². The number of pyridine rings is 1. The van der Waals surface area contributed by atoms with Crippen LogP contribution in [0.5, 0.6) is 0 Å². The molecule has 1 aliphatic carbocycles. The second kappa shape index (κ2) is 5.19. The molecule has 0 spiro atoms. The lowest BCUT2D eigenvalue weighted by Gasteiger charge is -2.24. The molecular formula is C16H20N4. The van der Waals surface area contributed by atoms with E-state index in [4.69, 9.17) is 10.7 Å². The number of fused-ring (bicyclic) bond motifs is 1. The average Bonchev–Trinajstić information content (AvgIpc) is 2.46. The van der Waals surface area contributed by atoms with Crippen LogP contribution in [0.15, 0.2) is 24.4 Å². The summed E-state index contributed by atoms with van der Waals surface area (Å²) >= 11 is 0. The van der Waals surface area contributed by atoms with E-state index in [1.165, 1.54) is 12.0 Å². The zero-order chi connectivity index (χ0) is 14.1. The standard InChI is InChI=1S/C16H20N4/c1-10(2)16-19-13(9-14(17)20-16)12-7-3-5-11-6-4-8-18-15(11)12/h4,6,8-10,12H,3,5,7H2,1-2H3,(H2,17,19,20). The van der Waals surface area contributed by atoms with E-state index in [0.717, 1.165) is 30.1 Å². The van der Waals surface area contributed by atoms with Gasteiger partial charge in [-0.25, -0.2) is 9.97 Å². The molecule has 0 aliphatic heterocycles. The molecule has 2 aromatic heterocycles. The molecule has 0 amide bonds. The van der Waals surface area contributed by atoms with E-state index < -0.39 is 0 Å².